The lowest BCUT2D eigenvalue weighted by molar-refractivity contribution is 0.0596. The molecule has 21 heavy (non-hydrogen) atoms. The number of benzene rings is 1. The van der Waals surface area contributed by atoms with Gasteiger partial charge in [-0.15, -0.1) is 10.2 Å². The minimum atomic E-state index is -0.644. The van der Waals surface area contributed by atoms with Crippen LogP contribution in [0.25, 0.3) is 0 Å². The average Bonchev–Trinajstić information content (AvgIpc) is 2.49. The molecule has 0 atom stereocenters. The zero-order valence-electron chi connectivity index (χ0n) is 11.1. The number of nitrogens with zero attached hydrogens (tertiary/aromatic N) is 2. The van der Waals surface area contributed by atoms with Crippen molar-refractivity contribution in [3.63, 3.8) is 0 Å². The standard InChI is InChI=1S/C13H10Cl2N2O4/c1-19-10-5-7(14)3-4-9(10)21-12-8(13(18)20-2)6-11(15)16-17-12/h3-6H,1-2H3. The van der Waals surface area contributed by atoms with Gasteiger partial charge < -0.3 is 14.2 Å². The van der Waals surface area contributed by atoms with E-state index < -0.39 is 5.97 Å². The van der Waals surface area contributed by atoms with Crippen molar-refractivity contribution in [3.05, 3.63) is 40.0 Å². The maximum Gasteiger partial charge on any atom is 0.343 e. The molecule has 0 amide bonds. The minimum absolute atomic E-state index is 0.0471. The smallest absolute Gasteiger partial charge is 0.343 e. The summed E-state index contributed by atoms with van der Waals surface area (Å²) in [5, 5.41) is 7.92. The van der Waals surface area contributed by atoms with E-state index >= 15 is 0 Å². The molecule has 0 saturated heterocycles. The van der Waals surface area contributed by atoms with E-state index in [0.29, 0.717) is 16.5 Å². The first-order valence-corrected chi connectivity index (χ1v) is 6.43. The van der Waals surface area contributed by atoms with Crippen LogP contribution in [-0.4, -0.2) is 30.4 Å². The van der Waals surface area contributed by atoms with Gasteiger partial charge in [-0.1, -0.05) is 23.2 Å². The second-order valence-electron chi connectivity index (χ2n) is 3.77. The van der Waals surface area contributed by atoms with Crippen molar-refractivity contribution in [1.82, 2.24) is 10.2 Å². The lowest BCUT2D eigenvalue weighted by atomic mass is 10.3. The molecule has 0 aliphatic carbocycles. The lowest BCUT2D eigenvalue weighted by Crippen LogP contribution is -2.06. The molecule has 0 aliphatic heterocycles. The van der Waals surface area contributed by atoms with E-state index in [1.165, 1.54) is 20.3 Å². The Labute approximate surface area is 130 Å². The maximum atomic E-state index is 11.7. The highest BCUT2D eigenvalue weighted by Crippen LogP contribution is 2.34. The van der Waals surface area contributed by atoms with E-state index in [1.54, 1.807) is 18.2 Å². The number of esters is 1. The molecule has 6 nitrogen and oxygen atoms in total. The Balaban J connectivity index is 2.42. The summed E-state index contributed by atoms with van der Waals surface area (Å²) in [6.45, 7) is 0. The molecule has 0 radical (unpaired) electrons. The molecular formula is C13H10Cl2N2O4. The van der Waals surface area contributed by atoms with E-state index in [1.807, 2.05) is 0 Å². The van der Waals surface area contributed by atoms with Crippen LogP contribution in [0.15, 0.2) is 24.3 Å². The lowest BCUT2D eigenvalue weighted by Gasteiger charge is -2.11. The molecule has 0 fully saturated rings. The van der Waals surface area contributed by atoms with Crippen LogP contribution in [0.3, 0.4) is 0 Å². The van der Waals surface area contributed by atoms with Gasteiger partial charge in [0.2, 0.25) is 0 Å². The summed E-state index contributed by atoms with van der Waals surface area (Å²) >= 11 is 11.6. The van der Waals surface area contributed by atoms with Crippen molar-refractivity contribution in [2.24, 2.45) is 0 Å². The van der Waals surface area contributed by atoms with Crippen LogP contribution in [0.4, 0.5) is 0 Å². The van der Waals surface area contributed by atoms with Crippen molar-refractivity contribution >= 4 is 29.2 Å². The van der Waals surface area contributed by atoms with Crippen LogP contribution >= 0.6 is 23.2 Å². The number of rotatable bonds is 4. The number of carbonyl (C=O) groups excluding carboxylic acids is 1. The van der Waals surface area contributed by atoms with Crippen molar-refractivity contribution < 1.29 is 19.0 Å². The third-order valence-electron chi connectivity index (χ3n) is 2.47. The largest absolute Gasteiger partial charge is 0.493 e. The Morgan fingerprint density at radius 1 is 1.10 bits per heavy atom. The van der Waals surface area contributed by atoms with Gasteiger partial charge in [-0.25, -0.2) is 4.79 Å². The number of ether oxygens (including phenoxy) is 3. The monoisotopic (exact) mass is 328 g/mol. The van der Waals surface area contributed by atoms with Gasteiger partial charge in [0, 0.05) is 11.1 Å². The summed E-state index contributed by atoms with van der Waals surface area (Å²) in [5.41, 5.74) is 0.0505. The molecule has 1 aromatic heterocycles. The van der Waals surface area contributed by atoms with E-state index in [9.17, 15) is 4.79 Å². The molecule has 8 heteroatoms. The van der Waals surface area contributed by atoms with Crippen molar-refractivity contribution in [2.45, 2.75) is 0 Å². The highest BCUT2D eigenvalue weighted by atomic mass is 35.5. The molecule has 0 aliphatic rings. The molecule has 0 N–H and O–H groups in total. The van der Waals surface area contributed by atoms with Crippen LogP contribution in [0, 0.1) is 0 Å². The molecule has 0 saturated carbocycles. The first-order chi connectivity index (χ1) is 10.0. The molecule has 0 spiro atoms. The summed E-state index contributed by atoms with van der Waals surface area (Å²) in [7, 11) is 2.70. The molecule has 1 heterocycles. The van der Waals surface area contributed by atoms with Gasteiger partial charge in [-0.2, -0.15) is 0 Å². The molecule has 0 unspecified atom stereocenters. The predicted octanol–water partition coefficient (Wildman–Crippen LogP) is 3.37. The predicted molar refractivity (Wildman–Crippen MR) is 76.5 cm³/mol. The summed E-state index contributed by atoms with van der Waals surface area (Å²) in [6, 6.07) is 6.06. The number of hydrogen-bond donors (Lipinski definition) is 0. The van der Waals surface area contributed by atoms with Crippen LogP contribution in [-0.2, 0) is 4.74 Å². The van der Waals surface area contributed by atoms with Crippen LogP contribution in [0.2, 0.25) is 10.2 Å². The number of hydrogen-bond acceptors (Lipinski definition) is 6. The highest BCUT2D eigenvalue weighted by molar-refractivity contribution is 6.30. The van der Waals surface area contributed by atoms with Gasteiger partial charge in [-0.3, -0.25) is 0 Å². The Hall–Kier alpha value is -2.05. The molecule has 110 valence electrons. The summed E-state index contributed by atoms with van der Waals surface area (Å²) in [4.78, 5) is 11.7. The van der Waals surface area contributed by atoms with E-state index in [0.717, 1.165) is 0 Å². The van der Waals surface area contributed by atoms with Gasteiger partial charge >= 0.3 is 5.97 Å². The molecule has 1 aromatic carbocycles. The quantitative estimate of drug-likeness (QED) is 0.801. The molecule has 0 bridgehead atoms. The summed E-state index contributed by atoms with van der Waals surface area (Å²) in [5.74, 6) is 0.0142. The minimum Gasteiger partial charge on any atom is -0.493 e. The van der Waals surface area contributed by atoms with Crippen LogP contribution < -0.4 is 9.47 Å². The SMILES string of the molecule is COC(=O)c1cc(Cl)nnc1Oc1ccc(Cl)cc1OC. The second-order valence-corrected chi connectivity index (χ2v) is 4.60. The summed E-state index contributed by atoms with van der Waals surface area (Å²) < 4.78 is 15.3. The first kappa shape index (κ1) is 15.3. The molecule has 2 aromatic rings. The number of halogens is 2. The Bertz CT molecular complexity index is 679. The van der Waals surface area contributed by atoms with Crippen molar-refractivity contribution in [1.29, 1.82) is 0 Å². The third kappa shape index (κ3) is 3.53. The fourth-order valence-electron chi connectivity index (χ4n) is 1.52. The van der Waals surface area contributed by atoms with Gasteiger partial charge in [0.25, 0.3) is 5.88 Å². The molecular weight excluding hydrogens is 319 g/mol. The first-order valence-electron chi connectivity index (χ1n) is 5.68. The van der Waals surface area contributed by atoms with Crippen molar-refractivity contribution in [3.8, 4) is 17.4 Å². The number of methoxy groups -OCH3 is 2. The van der Waals surface area contributed by atoms with Gasteiger partial charge in [-0.05, 0) is 18.2 Å². The second kappa shape index (κ2) is 6.60. The zero-order valence-corrected chi connectivity index (χ0v) is 12.6. The third-order valence-corrected chi connectivity index (χ3v) is 2.89. The average molecular weight is 329 g/mol. The Morgan fingerprint density at radius 2 is 1.86 bits per heavy atom. The van der Waals surface area contributed by atoms with Crippen LogP contribution in [0.1, 0.15) is 10.4 Å². The number of carbonyl (C=O) groups is 1. The Kier molecular flexibility index (Phi) is 4.82. The summed E-state index contributed by atoms with van der Waals surface area (Å²) in [6.07, 6.45) is 0. The zero-order chi connectivity index (χ0) is 15.4. The normalized spacial score (nSPS) is 10.1. The number of aromatic nitrogens is 2. The fourth-order valence-corrected chi connectivity index (χ4v) is 1.83. The topological polar surface area (TPSA) is 70.5 Å². The van der Waals surface area contributed by atoms with Crippen molar-refractivity contribution in [2.75, 3.05) is 14.2 Å². The van der Waals surface area contributed by atoms with Crippen LogP contribution in [0.5, 0.6) is 17.4 Å². The Morgan fingerprint density at radius 3 is 2.52 bits per heavy atom. The fraction of sp³-hybridized carbons (Fsp3) is 0.154. The van der Waals surface area contributed by atoms with Gasteiger partial charge in [0.05, 0.1) is 14.2 Å². The van der Waals surface area contributed by atoms with E-state index in [2.05, 4.69) is 14.9 Å². The van der Waals surface area contributed by atoms with Gasteiger partial charge in [0.15, 0.2) is 16.7 Å². The maximum absolute atomic E-state index is 11.7. The molecule has 2 rings (SSSR count). The van der Waals surface area contributed by atoms with Gasteiger partial charge in [0.1, 0.15) is 5.56 Å². The highest BCUT2D eigenvalue weighted by Gasteiger charge is 2.18. The van der Waals surface area contributed by atoms with E-state index in [4.69, 9.17) is 32.7 Å². The van der Waals surface area contributed by atoms with E-state index in [-0.39, 0.29) is 16.6 Å².